The van der Waals surface area contributed by atoms with Crippen molar-refractivity contribution in [3.8, 4) is 22.6 Å². The molecule has 1 aromatic carbocycles. The van der Waals surface area contributed by atoms with Crippen LogP contribution in [0.5, 0.6) is 0 Å². The van der Waals surface area contributed by atoms with Crippen LogP contribution in [0.15, 0.2) is 36.5 Å². The number of ether oxygens (including phenoxy) is 2. The summed E-state index contributed by atoms with van der Waals surface area (Å²) in [5.41, 5.74) is 7.93. The van der Waals surface area contributed by atoms with Crippen molar-refractivity contribution in [2.75, 3.05) is 25.6 Å². The summed E-state index contributed by atoms with van der Waals surface area (Å²) in [4.78, 5) is 15.9. The Labute approximate surface area is 160 Å². The van der Waals surface area contributed by atoms with Gasteiger partial charge in [0.25, 0.3) is 5.79 Å². The lowest BCUT2D eigenvalue weighted by Gasteiger charge is -2.36. The third-order valence-corrected chi connectivity index (χ3v) is 4.52. The molecule has 2 aromatic heterocycles. The lowest BCUT2D eigenvalue weighted by molar-refractivity contribution is -0.308. The SMILES string of the molecule is CC1COC(CO)(c2nc(-c3ccc(F)cc3)c(-c3ccnc(N)n3)[nH]2)OC1. The van der Waals surface area contributed by atoms with Crippen LogP contribution in [0.4, 0.5) is 10.3 Å². The van der Waals surface area contributed by atoms with Gasteiger partial charge in [0.2, 0.25) is 5.95 Å². The fraction of sp³-hybridized carbons (Fsp3) is 0.316. The second kappa shape index (κ2) is 7.27. The van der Waals surface area contributed by atoms with Gasteiger partial charge in [0.15, 0.2) is 5.82 Å². The standard InChI is InChI=1S/C19H20FN5O3/c1-11-8-27-19(10-26,28-9-11)17-24-15(12-2-4-13(20)5-3-12)16(25-17)14-6-7-22-18(21)23-14/h2-7,11,26H,8-10H2,1H3,(H,24,25)(H2,21,22,23). The number of hydrogen-bond donors (Lipinski definition) is 3. The molecule has 9 heteroatoms. The van der Waals surface area contributed by atoms with Crippen molar-refractivity contribution < 1.29 is 19.0 Å². The molecule has 3 heterocycles. The summed E-state index contributed by atoms with van der Waals surface area (Å²) in [6.45, 7) is 2.41. The fourth-order valence-electron chi connectivity index (χ4n) is 3.02. The van der Waals surface area contributed by atoms with Gasteiger partial charge in [-0.3, -0.25) is 0 Å². The van der Waals surface area contributed by atoms with Crippen LogP contribution in [0.25, 0.3) is 22.6 Å². The zero-order valence-electron chi connectivity index (χ0n) is 15.2. The summed E-state index contributed by atoms with van der Waals surface area (Å²) in [5, 5.41) is 10.00. The minimum Gasteiger partial charge on any atom is -0.390 e. The van der Waals surface area contributed by atoms with Crippen LogP contribution in [0.3, 0.4) is 0 Å². The molecule has 146 valence electrons. The van der Waals surface area contributed by atoms with E-state index in [4.69, 9.17) is 15.2 Å². The highest BCUT2D eigenvalue weighted by Crippen LogP contribution is 2.36. The Kier molecular flexibility index (Phi) is 4.80. The Hall–Kier alpha value is -2.88. The van der Waals surface area contributed by atoms with E-state index in [0.717, 1.165) is 0 Å². The first-order chi connectivity index (χ1) is 13.5. The smallest absolute Gasteiger partial charge is 0.252 e. The zero-order valence-corrected chi connectivity index (χ0v) is 15.2. The predicted molar refractivity (Wildman–Crippen MR) is 99.3 cm³/mol. The molecule has 3 aromatic rings. The number of anilines is 1. The summed E-state index contributed by atoms with van der Waals surface area (Å²) >= 11 is 0. The molecule has 4 rings (SSSR count). The minimum absolute atomic E-state index is 0.106. The number of halogens is 1. The quantitative estimate of drug-likeness (QED) is 0.629. The van der Waals surface area contributed by atoms with Crippen LogP contribution in [-0.2, 0) is 15.3 Å². The van der Waals surface area contributed by atoms with Crippen LogP contribution >= 0.6 is 0 Å². The summed E-state index contributed by atoms with van der Waals surface area (Å²) in [7, 11) is 0. The first-order valence-corrected chi connectivity index (χ1v) is 8.85. The number of aromatic amines is 1. The van der Waals surface area contributed by atoms with Gasteiger partial charge in [-0.15, -0.1) is 0 Å². The van der Waals surface area contributed by atoms with E-state index in [1.807, 2.05) is 6.92 Å². The van der Waals surface area contributed by atoms with E-state index in [1.165, 1.54) is 18.3 Å². The van der Waals surface area contributed by atoms with Crippen molar-refractivity contribution in [3.63, 3.8) is 0 Å². The second-order valence-corrected chi connectivity index (χ2v) is 6.75. The molecule has 1 saturated heterocycles. The topological polar surface area (TPSA) is 119 Å². The number of nitrogens with zero attached hydrogens (tertiary/aromatic N) is 3. The minimum atomic E-state index is -1.40. The second-order valence-electron chi connectivity index (χ2n) is 6.75. The van der Waals surface area contributed by atoms with E-state index in [1.54, 1.807) is 18.2 Å². The number of rotatable bonds is 4. The number of nitrogen functional groups attached to an aromatic ring is 1. The number of aliphatic hydroxyl groups is 1. The molecule has 28 heavy (non-hydrogen) atoms. The van der Waals surface area contributed by atoms with E-state index in [-0.39, 0.29) is 17.7 Å². The average molecular weight is 385 g/mol. The van der Waals surface area contributed by atoms with Crippen molar-refractivity contribution in [1.29, 1.82) is 0 Å². The highest BCUT2D eigenvalue weighted by atomic mass is 19.1. The maximum atomic E-state index is 13.4. The summed E-state index contributed by atoms with van der Waals surface area (Å²) in [6.07, 6.45) is 1.53. The van der Waals surface area contributed by atoms with E-state index >= 15 is 0 Å². The number of imidazole rings is 1. The van der Waals surface area contributed by atoms with Crippen LogP contribution in [0, 0.1) is 11.7 Å². The number of aromatic nitrogens is 4. The Morgan fingerprint density at radius 2 is 1.93 bits per heavy atom. The highest BCUT2D eigenvalue weighted by Gasteiger charge is 2.42. The largest absolute Gasteiger partial charge is 0.390 e. The van der Waals surface area contributed by atoms with Gasteiger partial charge in [-0.25, -0.2) is 19.3 Å². The molecule has 0 amide bonds. The number of benzene rings is 1. The molecular formula is C19H20FN5O3. The van der Waals surface area contributed by atoms with Crippen LogP contribution < -0.4 is 5.73 Å². The molecule has 0 aliphatic carbocycles. The lowest BCUT2D eigenvalue weighted by Crippen LogP contribution is -2.44. The van der Waals surface area contributed by atoms with Crippen molar-refractivity contribution in [3.05, 3.63) is 48.2 Å². The average Bonchev–Trinajstić information content (AvgIpc) is 3.15. The van der Waals surface area contributed by atoms with Gasteiger partial charge < -0.3 is 25.3 Å². The maximum absolute atomic E-state index is 13.4. The summed E-state index contributed by atoms with van der Waals surface area (Å²) < 4.78 is 25.0. The molecule has 0 radical (unpaired) electrons. The molecular weight excluding hydrogens is 365 g/mol. The van der Waals surface area contributed by atoms with E-state index in [0.29, 0.717) is 41.7 Å². The molecule has 0 unspecified atom stereocenters. The molecule has 1 aliphatic rings. The monoisotopic (exact) mass is 385 g/mol. The Balaban J connectivity index is 1.85. The van der Waals surface area contributed by atoms with Gasteiger partial charge in [-0.1, -0.05) is 6.92 Å². The summed E-state index contributed by atoms with van der Waals surface area (Å²) in [6, 6.07) is 7.59. The number of nitrogens with two attached hydrogens (primary N) is 1. The molecule has 0 atom stereocenters. The lowest BCUT2D eigenvalue weighted by atomic mass is 10.1. The number of H-pyrrole nitrogens is 1. The van der Waals surface area contributed by atoms with Gasteiger partial charge in [0, 0.05) is 17.7 Å². The Morgan fingerprint density at radius 1 is 1.21 bits per heavy atom. The molecule has 8 nitrogen and oxygen atoms in total. The maximum Gasteiger partial charge on any atom is 0.252 e. The van der Waals surface area contributed by atoms with E-state index in [2.05, 4.69) is 19.9 Å². The zero-order chi connectivity index (χ0) is 19.7. The third kappa shape index (κ3) is 3.35. The van der Waals surface area contributed by atoms with Crippen LogP contribution in [0.1, 0.15) is 12.7 Å². The van der Waals surface area contributed by atoms with Crippen LogP contribution in [-0.4, -0.2) is 44.9 Å². The number of hydrogen-bond acceptors (Lipinski definition) is 7. The van der Waals surface area contributed by atoms with E-state index < -0.39 is 12.4 Å². The van der Waals surface area contributed by atoms with Crippen molar-refractivity contribution in [2.24, 2.45) is 5.92 Å². The van der Waals surface area contributed by atoms with Gasteiger partial charge in [0.1, 0.15) is 12.4 Å². The molecule has 0 spiro atoms. The molecule has 0 bridgehead atoms. The van der Waals surface area contributed by atoms with Gasteiger partial charge in [-0.05, 0) is 30.3 Å². The van der Waals surface area contributed by atoms with Gasteiger partial charge in [0.05, 0.1) is 30.3 Å². The number of aliphatic hydroxyl groups excluding tert-OH is 1. The molecule has 4 N–H and O–H groups in total. The molecule has 1 fully saturated rings. The Bertz CT molecular complexity index is 968. The van der Waals surface area contributed by atoms with Crippen LogP contribution in [0.2, 0.25) is 0 Å². The first-order valence-electron chi connectivity index (χ1n) is 8.85. The first kappa shape index (κ1) is 18.5. The predicted octanol–water partition coefficient (Wildman–Crippen LogP) is 2.08. The van der Waals surface area contributed by atoms with Crippen molar-refractivity contribution >= 4 is 5.95 Å². The number of nitrogens with one attached hydrogen (secondary N) is 1. The fourth-order valence-corrected chi connectivity index (χ4v) is 3.02. The highest BCUT2D eigenvalue weighted by molar-refractivity contribution is 5.77. The normalized spacial score (nSPS) is 22.3. The van der Waals surface area contributed by atoms with Gasteiger partial charge >= 0.3 is 0 Å². The molecule has 1 aliphatic heterocycles. The van der Waals surface area contributed by atoms with Crippen molar-refractivity contribution in [1.82, 2.24) is 19.9 Å². The van der Waals surface area contributed by atoms with E-state index in [9.17, 15) is 9.50 Å². The Morgan fingerprint density at radius 3 is 2.57 bits per heavy atom. The third-order valence-electron chi connectivity index (χ3n) is 4.52. The summed E-state index contributed by atoms with van der Waals surface area (Å²) in [5.74, 6) is -1.15. The van der Waals surface area contributed by atoms with Gasteiger partial charge in [-0.2, -0.15) is 0 Å². The molecule has 0 saturated carbocycles. The van der Waals surface area contributed by atoms with Crippen molar-refractivity contribution in [2.45, 2.75) is 12.7 Å².